The van der Waals surface area contributed by atoms with E-state index in [9.17, 15) is 9.59 Å². The number of rotatable bonds is 7. The van der Waals surface area contributed by atoms with Crippen molar-refractivity contribution in [3.05, 3.63) is 64.2 Å². The molecule has 6 rings (SSSR count). The van der Waals surface area contributed by atoms with Gasteiger partial charge in [0.15, 0.2) is 0 Å². The molecule has 2 aliphatic heterocycles. The summed E-state index contributed by atoms with van der Waals surface area (Å²) in [6, 6.07) is 14.0. The van der Waals surface area contributed by atoms with Crippen LogP contribution in [0.5, 0.6) is 0 Å². The Morgan fingerprint density at radius 3 is 2.53 bits per heavy atom. The van der Waals surface area contributed by atoms with Gasteiger partial charge >= 0.3 is 11.9 Å². The quantitative estimate of drug-likeness (QED) is 0.349. The van der Waals surface area contributed by atoms with Gasteiger partial charge in [0.1, 0.15) is 5.00 Å². The molecule has 38 heavy (non-hydrogen) atoms. The fraction of sp³-hybridized carbons (Fsp3) is 0.393. The van der Waals surface area contributed by atoms with Crippen LogP contribution in [0.1, 0.15) is 42.4 Å². The third-order valence-corrected chi connectivity index (χ3v) is 8.23. The number of halogens is 1. The summed E-state index contributed by atoms with van der Waals surface area (Å²) >= 11 is 8.14. The van der Waals surface area contributed by atoms with Gasteiger partial charge in [-0.25, -0.2) is 0 Å². The molecule has 3 heterocycles. The number of esters is 2. The molecule has 3 aliphatic rings. The molecule has 8 nitrogen and oxygen atoms in total. The second-order valence-corrected chi connectivity index (χ2v) is 11.2. The van der Waals surface area contributed by atoms with E-state index in [2.05, 4.69) is 50.7 Å². The number of hydrogen-bond donors (Lipinski definition) is 3. The molecule has 1 aliphatic carbocycles. The van der Waals surface area contributed by atoms with E-state index in [4.69, 9.17) is 21.1 Å². The second-order valence-electron chi connectivity index (χ2n) is 10.0. The van der Waals surface area contributed by atoms with Crippen molar-refractivity contribution in [3.8, 4) is 11.3 Å². The molecule has 3 aromatic rings. The van der Waals surface area contributed by atoms with E-state index in [1.54, 1.807) is 12.1 Å². The number of nitrogens with one attached hydrogen (secondary N) is 3. The normalized spacial score (nSPS) is 18.7. The fourth-order valence-corrected chi connectivity index (χ4v) is 5.82. The topological polar surface area (TPSA) is 102 Å². The van der Waals surface area contributed by atoms with Crippen LogP contribution in [-0.4, -0.2) is 35.9 Å². The maximum Gasteiger partial charge on any atom is 0.309 e. The van der Waals surface area contributed by atoms with Gasteiger partial charge in [-0.2, -0.15) is 4.37 Å². The summed E-state index contributed by atoms with van der Waals surface area (Å²) in [7, 11) is 0. The number of hydrogen-bond acceptors (Lipinski definition) is 9. The summed E-state index contributed by atoms with van der Waals surface area (Å²) in [5.74, 6) is -1.60. The molecule has 2 aromatic carbocycles. The molecule has 0 amide bonds. The number of aromatic nitrogens is 1. The van der Waals surface area contributed by atoms with E-state index in [1.165, 1.54) is 24.4 Å². The molecule has 2 fully saturated rings. The van der Waals surface area contributed by atoms with Gasteiger partial charge < -0.3 is 25.4 Å². The summed E-state index contributed by atoms with van der Waals surface area (Å²) in [6.07, 6.45) is 3.29. The van der Waals surface area contributed by atoms with Crippen LogP contribution in [0.4, 0.5) is 10.7 Å². The second kappa shape index (κ2) is 10.6. The maximum atomic E-state index is 12.3. The Hall–Kier alpha value is -3.14. The number of carbonyl (C=O) groups excluding carboxylic acids is 2. The Morgan fingerprint density at radius 2 is 1.79 bits per heavy atom. The highest BCUT2D eigenvalue weighted by molar-refractivity contribution is 7.10. The van der Waals surface area contributed by atoms with E-state index in [-0.39, 0.29) is 19.4 Å². The minimum atomic E-state index is -1.50. The third-order valence-electron chi connectivity index (χ3n) is 7.16. The SMILES string of the molecule is O=C1CCC(=O)OC2(CNCCc3c2ccc(Cl)c3NCc2ccc(-c3cc(NCC4CC4)sn3)cc2)O1. The molecule has 3 N–H and O–H groups in total. The van der Waals surface area contributed by atoms with Crippen molar-refractivity contribution in [2.45, 2.75) is 44.4 Å². The molecular formula is C28H29ClN4O4S. The average Bonchev–Trinajstić information content (AvgIpc) is 3.68. The predicted octanol–water partition coefficient (Wildman–Crippen LogP) is 5.08. The van der Waals surface area contributed by atoms with E-state index < -0.39 is 17.7 Å². The van der Waals surface area contributed by atoms with Gasteiger partial charge in [-0.3, -0.25) is 9.59 Å². The fourth-order valence-electron chi connectivity index (χ4n) is 4.91. The van der Waals surface area contributed by atoms with Crippen LogP contribution < -0.4 is 16.0 Å². The van der Waals surface area contributed by atoms with Gasteiger partial charge in [0.05, 0.1) is 35.8 Å². The summed E-state index contributed by atoms with van der Waals surface area (Å²) in [5, 5.41) is 11.9. The third kappa shape index (κ3) is 5.36. The van der Waals surface area contributed by atoms with Crippen molar-refractivity contribution < 1.29 is 19.1 Å². The minimum absolute atomic E-state index is 0.00377. The van der Waals surface area contributed by atoms with Crippen molar-refractivity contribution in [1.29, 1.82) is 0 Å². The van der Waals surface area contributed by atoms with Gasteiger partial charge in [-0.1, -0.05) is 35.9 Å². The van der Waals surface area contributed by atoms with Crippen LogP contribution in [-0.2, 0) is 37.8 Å². The van der Waals surface area contributed by atoms with E-state index >= 15 is 0 Å². The number of ether oxygens (including phenoxy) is 2. The highest BCUT2D eigenvalue weighted by Crippen LogP contribution is 2.40. The van der Waals surface area contributed by atoms with Crippen molar-refractivity contribution >= 4 is 45.8 Å². The Balaban J connectivity index is 1.20. The van der Waals surface area contributed by atoms with Crippen LogP contribution in [0.3, 0.4) is 0 Å². The van der Waals surface area contributed by atoms with E-state index in [0.29, 0.717) is 30.1 Å². The first-order valence-electron chi connectivity index (χ1n) is 13.0. The Kier molecular flexibility index (Phi) is 6.99. The lowest BCUT2D eigenvalue weighted by molar-refractivity contribution is -0.225. The Labute approximate surface area is 230 Å². The van der Waals surface area contributed by atoms with Crippen LogP contribution in [0, 0.1) is 5.92 Å². The molecule has 1 aromatic heterocycles. The summed E-state index contributed by atoms with van der Waals surface area (Å²) in [4.78, 5) is 24.7. The van der Waals surface area contributed by atoms with Crippen LogP contribution >= 0.6 is 23.1 Å². The van der Waals surface area contributed by atoms with Gasteiger partial charge in [0.2, 0.25) is 0 Å². The molecule has 0 unspecified atom stereocenters. The smallest absolute Gasteiger partial charge is 0.309 e. The van der Waals surface area contributed by atoms with Crippen molar-refractivity contribution in [2.75, 3.05) is 30.3 Å². The Morgan fingerprint density at radius 1 is 1.03 bits per heavy atom. The monoisotopic (exact) mass is 552 g/mol. The number of nitrogens with zero attached hydrogens (tertiary/aromatic N) is 1. The largest absolute Gasteiger partial charge is 0.416 e. The first-order chi connectivity index (χ1) is 18.5. The minimum Gasteiger partial charge on any atom is -0.416 e. The average molecular weight is 553 g/mol. The van der Waals surface area contributed by atoms with Crippen molar-refractivity contribution in [3.63, 3.8) is 0 Å². The highest BCUT2D eigenvalue weighted by Gasteiger charge is 2.46. The lowest BCUT2D eigenvalue weighted by atomic mass is 9.96. The highest BCUT2D eigenvalue weighted by atomic mass is 35.5. The predicted molar refractivity (Wildman–Crippen MR) is 147 cm³/mol. The molecule has 0 atom stereocenters. The zero-order chi connectivity index (χ0) is 26.1. The molecule has 1 saturated carbocycles. The summed E-state index contributed by atoms with van der Waals surface area (Å²) in [6.45, 7) is 2.38. The molecule has 198 valence electrons. The number of benzene rings is 2. The number of carbonyl (C=O) groups is 2. The number of anilines is 2. The van der Waals surface area contributed by atoms with Crippen LogP contribution in [0.25, 0.3) is 11.3 Å². The molecule has 1 saturated heterocycles. The maximum absolute atomic E-state index is 12.3. The lowest BCUT2D eigenvalue weighted by Crippen LogP contribution is -2.43. The zero-order valence-corrected chi connectivity index (χ0v) is 22.4. The van der Waals surface area contributed by atoms with Crippen molar-refractivity contribution in [1.82, 2.24) is 9.69 Å². The van der Waals surface area contributed by atoms with Crippen molar-refractivity contribution in [2.24, 2.45) is 5.92 Å². The summed E-state index contributed by atoms with van der Waals surface area (Å²) in [5.41, 5.74) is 5.38. The van der Waals surface area contributed by atoms with Gasteiger partial charge in [-0.15, -0.1) is 0 Å². The number of fused-ring (bicyclic) bond motifs is 2. The van der Waals surface area contributed by atoms with Crippen LogP contribution in [0.2, 0.25) is 5.02 Å². The first-order valence-corrected chi connectivity index (χ1v) is 14.1. The standard InChI is InChI=1S/C28H29ClN4O4S/c29-22-8-7-21-20(11-12-30-16-28(21)36-25(34)9-10-26(35)37-28)27(22)32-15-18-3-5-19(6-4-18)23-13-24(38-33-23)31-14-17-1-2-17/h3-8,13,17,30-32H,1-2,9-12,14-16H2. The van der Waals surface area contributed by atoms with Crippen LogP contribution in [0.15, 0.2) is 42.5 Å². The lowest BCUT2D eigenvalue weighted by Gasteiger charge is -2.32. The molecule has 10 heteroatoms. The van der Waals surface area contributed by atoms with Gasteiger partial charge in [0, 0.05) is 30.3 Å². The van der Waals surface area contributed by atoms with Gasteiger partial charge in [-0.05, 0) is 66.5 Å². The molecule has 0 radical (unpaired) electrons. The summed E-state index contributed by atoms with van der Waals surface area (Å²) < 4.78 is 16.1. The molecular weight excluding hydrogens is 524 g/mol. The van der Waals surface area contributed by atoms with Gasteiger partial charge in [0.25, 0.3) is 5.79 Å². The van der Waals surface area contributed by atoms with E-state index in [0.717, 1.165) is 45.5 Å². The molecule has 0 bridgehead atoms. The van der Waals surface area contributed by atoms with E-state index in [1.807, 2.05) is 0 Å². The molecule has 1 spiro atoms. The first kappa shape index (κ1) is 25.2. The zero-order valence-electron chi connectivity index (χ0n) is 20.8. The Bertz CT molecular complexity index is 1340.